The lowest BCUT2D eigenvalue weighted by molar-refractivity contribution is 0.438. The van der Waals surface area contributed by atoms with E-state index < -0.39 is 5.82 Å². The van der Waals surface area contributed by atoms with Crippen molar-refractivity contribution in [3.05, 3.63) is 101 Å². The van der Waals surface area contributed by atoms with Crippen LogP contribution in [0.2, 0.25) is 0 Å². The Morgan fingerprint density at radius 1 is 1.23 bits per heavy atom. The molecule has 30 heavy (non-hydrogen) atoms. The van der Waals surface area contributed by atoms with Crippen molar-refractivity contribution in [2.75, 3.05) is 0 Å². The molecule has 146 valence electrons. The Balaban J connectivity index is 1.64. The van der Waals surface area contributed by atoms with Gasteiger partial charge in [0.25, 0.3) is 0 Å². The number of halogens is 1. The van der Waals surface area contributed by atoms with E-state index in [0.29, 0.717) is 23.5 Å². The van der Waals surface area contributed by atoms with E-state index in [1.54, 1.807) is 23.5 Å². The van der Waals surface area contributed by atoms with Gasteiger partial charge in [0.2, 0.25) is 0 Å². The highest BCUT2D eigenvalue weighted by atomic mass is 19.1. The van der Waals surface area contributed by atoms with E-state index in [-0.39, 0.29) is 5.56 Å². The first-order chi connectivity index (χ1) is 14.6. The summed E-state index contributed by atoms with van der Waals surface area (Å²) in [6, 6.07) is 16.3. The first-order valence-electron chi connectivity index (χ1n) is 9.39. The van der Waals surface area contributed by atoms with Gasteiger partial charge in [0, 0.05) is 29.3 Å². The molecule has 1 aliphatic heterocycles. The summed E-state index contributed by atoms with van der Waals surface area (Å²) in [6.45, 7) is 5.91. The van der Waals surface area contributed by atoms with Gasteiger partial charge in [-0.3, -0.25) is 4.98 Å². The number of nitriles is 1. The van der Waals surface area contributed by atoms with Crippen LogP contribution in [0.15, 0.2) is 89.0 Å². The minimum atomic E-state index is -0.585. The number of hydrogen-bond donors (Lipinski definition) is 0. The fourth-order valence-electron chi connectivity index (χ4n) is 3.25. The molecule has 0 aliphatic carbocycles. The van der Waals surface area contributed by atoms with E-state index in [0.717, 1.165) is 22.2 Å². The smallest absolute Gasteiger partial charge is 0.146 e. The quantitative estimate of drug-likeness (QED) is 0.628. The molecule has 0 saturated carbocycles. The number of allylic oxidation sites excluding steroid dienone is 2. The van der Waals surface area contributed by atoms with Gasteiger partial charge in [-0.1, -0.05) is 30.9 Å². The van der Waals surface area contributed by atoms with Gasteiger partial charge in [0.1, 0.15) is 23.4 Å². The molecular weight excluding hydrogens is 377 g/mol. The van der Waals surface area contributed by atoms with Crippen molar-refractivity contribution in [2.24, 2.45) is 10.1 Å². The second-order valence-electron chi connectivity index (χ2n) is 6.77. The summed E-state index contributed by atoms with van der Waals surface area (Å²) < 4.78 is 14.0. The molecule has 1 aliphatic rings. The molecule has 5 nitrogen and oxygen atoms in total. The Kier molecular flexibility index (Phi) is 5.19. The fourth-order valence-corrected chi connectivity index (χ4v) is 3.25. The zero-order valence-electron chi connectivity index (χ0n) is 16.4. The minimum Gasteiger partial charge on any atom is -0.256 e. The maximum atomic E-state index is 14.0. The van der Waals surface area contributed by atoms with Crippen LogP contribution in [0.3, 0.4) is 0 Å². The molecule has 0 bridgehead atoms. The van der Waals surface area contributed by atoms with Crippen molar-refractivity contribution in [3.8, 4) is 6.07 Å². The lowest BCUT2D eigenvalue weighted by atomic mass is 10.1. The Hall–Kier alpha value is -4.11. The number of hydrazone groups is 1. The zero-order valence-corrected chi connectivity index (χ0v) is 16.4. The van der Waals surface area contributed by atoms with Crippen LogP contribution < -0.4 is 0 Å². The summed E-state index contributed by atoms with van der Waals surface area (Å²) in [5.41, 5.74) is 3.97. The van der Waals surface area contributed by atoms with Crippen LogP contribution in [0.4, 0.5) is 4.39 Å². The third kappa shape index (κ3) is 3.74. The van der Waals surface area contributed by atoms with Crippen molar-refractivity contribution < 1.29 is 4.39 Å². The lowest BCUT2D eigenvalue weighted by Crippen LogP contribution is -2.24. The van der Waals surface area contributed by atoms with Gasteiger partial charge >= 0.3 is 0 Å². The summed E-state index contributed by atoms with van der Waals surface area (Å²) in [5, 5.41) is 16.3. The molecule has 0 radical (unpaired) electrons. The summed E-state index contributed by atoms with van der Waals surface area (Å²) in [4.78, 5) is 8.69. The normalized spacial score (nSPS) is 14.0. The molecule has 0 atom stereocenters. The molecular formula is C24H18FN5. The summed E-state index contributed by atoms with van der Waals surface area (Å²) >= 11 is 0. The van der Waals surface area contributed by atoms with E-state index in [4.69, 9.17) is 5.26 Å². The fraction of sp³-hybridized carbons (Fsp3) is 0.0833. The Labute approximate surface area is 173 Å². The number of nitrogens with zero attached hydrogens (tertiary/aromatic N) is 5. The standard InChI is InChI=1S/C24H18FN5/c1-3-21(12-17-6-9-23-18(11-17)5-4-10-27-23)30-16(2)28-15-24(29-30)19-7-8-20(14-26)22(25)13-19/h3-11,13,15H,2,12H2,1H3/b21-3-. The van der Waals surface area contributed by atoms with Crippen molar-refractivity contribution in [3.63, 3.8) is 0 Å². The molecule has 1 aromatic heterocycles. The van der Waals surface area contributed by atoms with Crippen LogP contribution in [-0.2, 0) is 6.42 Å². The number of hydrogen-bond acceptors (Lipinski definition) is 5. The topological polar surface area (TPSA) is 64.6 Å². The van der Waals surface area contributed by atoms with E-state index in [1.165, 1.54) is 12.1 Å². The zero-order chi connectivity index (χ0) is 21.1. The van der Waals surface area contributed by atoms with E-state index in [9.17, 15) is 4.39 Å². The van der Waals surface area contributed by atoms with E-state index in [1.807, 2.05) is 43.3 Å². The van der Waals surface area contributed by atoms with Gasteiger partial charge < -0.3 is 0 Å². The molecule has 4 rings (SSSR count). The van der Waals surface area contributed by atoms with Crippen LogP contribution in [0.25, 0.3) is 10.9 Å². The van der Waals surface area contributed by atoms with Gasteiger partial charge in [-0.15, -0.1) is 0 Å². The molecule has 0 N–H and O–H groups in total. The maximum absolute atomic E-state index is 14.0. The van der Waals surface area contributed by atoms with Crippen LogP contribution in [-0.4, -0.2) is 21.9 Å². The van der Waals surface area contributed by atoms with Crippen molar-refractivity contribution >= 4 is 22.8 Å². The highest BCUT2D eigenvalue weighted by molar-refractivity contribution is 6.38. The van der Waals surface area contributed by atoms with Crippen molar-refractivity contribution in [2.45, 2.75) is 13.3 Å². The van der Waals surface area contributed by atoms with Crippen LogP contribution in [0.5, 0.6) is 0 Å². The minimum absolute atomic E-state index is 0.00620. The van der Waals surface area contributed by atoms with Gasteiger partial charge in [-0.05, 0) is 42.8 Å². The maximum Gasteiger partial charge on any atom is 0.146 e. The Morgan fingerprint density at radius 2 is 2.10 bits per heavy atom. The highest BCUT2D eigenvalue weighted by Crippen LogP contribution is 2.24. The summed E-state index contributed by atoms with van der Waals surface area (Å²) in [7, 11) is 0. The van der Waals surface area contributed by atoms with Gasteiger partial charge in [0.15, 0.2) is 0 Å². The molecule has 0 unspecified atom stereocenters. The number of rotatable bonds is 4. The molecule has 0 saturated heterocycles. The largest absolute Gasteiger partial charge is 0.256 e. The van der Waals surface area contributed by atoms with Gasteiger partial charge in [-0.2, -0.15) is 10.4 Å². The molecule has 0 amide bonds. The average Bonchev–Trinajstić information content (AvgIpc) is 2.78. The van der Waals surface area contributed by atoms with Crippen molar-refractivity contribution in [1.82, 2.24) is 9.99 Å². The molecule has 0 spiro atoms. The van der Waals surface area contributed by atoms with E-state index in [2.05, 4.69) is 27.7 Å². The third-order valence-corrected chi connectivity index (χ3v) is 4.83. The van der Waals surface area contributed by atoms with E-state index >= 15 is 0 Å². The molecule has 2 heterocycles. The number of benzene rings is 2. The molecule has 3 aromatic rings. The predicted molar refractivity (Wildman–Crippen MR) is 116 cm³/mol. The summed E-state index contributed by atoms with van der Waals surface area (Å²) in [6.07, 6.45) is 5.90. The molecule has 2 aromatic carbocycles. The van der Waals surface area contributed by atoms with Crippen LogP contribution in [0.1, 0.15) is 23.6 Å². The van der Waals surface area contributed by atoms with Crippen molar-refractivity contribution in [1.29, 1.82) is 5.26 Å². The second-order valence-corrected chi connectivity index (χ2v) is 6.77. The second kappa shape index (κ2) is 8.10. The Bertz CT molecular complexity index is 1280. The van der Waals surface area contributed by atoms with Gasteiger partial charge in [0.05, 0.1) is 17.3 Å². The number of pyridine rings is 1. The van der Waals surface area contributed by atoms with Crippen LogP contribution >= 0.6 is 0 Å². The number of aliphatic imine (C=N–C) groups is 1. The Morgan fingerprint density at radius 3 is 2.87 bits per heavy atom. The monoisotopic (exact) mass is 395 g/mol. The van der Waals surface area contributed by atoms with Gasteiger partial charge in [-0.25, -0.2) is 14.4 Å². The highest BCUT2D eigenvalue weighted by Gasteiger charge is 2.18. The predicted octanol–water partition coefficient (Wildman–Crippen LogP) is 4.95. The third-order valence-electron chi connectivity index (χ3n) is 4.83. The first-order valence-corrected chi connectivity index (χ1v) is 9.39. The number of aromatic nitrogens is 1. The summed E-state index contributed by atoms with van der Waals surface area (Å²) in [5.74, 6) is -0.110. The SMILES string of the molecule is C=C1N=CC(c2ccc(C#N)c(F)c2)=NN1/C(=C\C)Cc1ccc2ncccc2c1. The first kappa shape index (κ1) is 19.2. The number of fused-ring (bicyclic) bond motifs is 1. The average molecular weight is 395 g/mol. The molecule has 6 heteroatoms. The molecule has 0 fully saturated rings. The lowest BCUT2D eigenvalue weighted by Gasteiger charge is -2.25. The van der Waals surface area contributed by atoms with Crippen LogP contribution in [0, 0.1) is 17.1 Å².